The molecule has 0 heterocycles. The average molecular weight is 376 g/mol. The zero-order valence-electron chi connectivity index (χ0n) is 14.7. The summed E-state index contributed by atoms with van der Waals surface area (Å²) in [5, 5.41) is 3.07. The first-order chi connectivity index (χ1) is 10.8. The van der Waals surface area contributed by atoms with Crippen molar-refractivity contribution in [2.45, 2.75) is 46.1 Å². The van der Waals surface area contributed by atoms with Crippen LogP contribution in [0.25, 0.3) is 0 Å². The van der Waals surface area contributed by atoms with Crippen LogP contribution < -0.4 is 11.1 Å². The zero-order chi connectivity index (χ0) is 17.6. The largest absolute Gasteiger partial charge is 0.339 e. The van der Waals surface area contributed by atoms with E-state index in [0.717, 1.165) is 6.42 Å². The minimum Gasteiger partial charge on any atom is -0.339 e. The fraction of sp³-hybridized carbons (Fsp3) is 0.529. The second kappa shape index (κ2) is 9.87. The van der Waals surface area contributed by atoms with Crippen LogP contribution in [-0.2, 0) is 4.79 Å². The van der Waals surface area contributed by atoms with Gasteiger partial charge in [-0.2, -0.15) is 0 Å². The van der Waals surface area contributed by atoms with Gasteiger partial charge in [-0.3, -0.25) is 9.59 Å². The van der Waals surface area contributed by atoms with Gasteiger partial charge in [0.2, 0.25) is 5.91 Å². The molecule has 1 aromatic carbocycles. The summed E-state index contributed by atoms with van der Waals surface area (Å²) in [6.07, 6.45) is 1.41. The highest BCUT2D eigenvalue weighted by Crippen LogP contribution is 2.23. The number of carbonyl (C=O) groups excluding carboxylic acids is 2. The SMILES string of the molecule is CCCC(C)(N)C(=O)Nc1ccc(C(=O)N(CC)CC)c(Cl)c1.Cl. The summed E-state index contributed by atoms with van der Waals surface area (Å²) in [5.41, 5.74) is 6.03. The third kappa shape index (κ3) is 5.65. The monoisotopic (exact) mass is 375 g/mol. The van der Waals surface area contributed by atoms with E-state index in [1.54, 1.807) is 30.0 Å². The van der Waals surface area contributed by atoms with Crippen LogP contribution in [-0.4, -0.2) is 35.3 Å². The minimum atomic E-state index is -0.934. The van der Waals surface area contributed by atoms with Crippen LogP contribution in [0.15, 0.2) is 18.2 Å². The van der Waals surface area contributed by atoms with Crippen LogP contribution in [0.4, 0.5) is 5.69 Å². The van der Waals surface area contributed by atoms with Crippen molar-refractivity contribution in [1.82, 2.24) is 4.90 Å². The van der Waals surface area contributed by atoms with Gasteiger partial charge in [0.1, 0.15) is 0 Å². The number of anilines is 1. The Balaban J connectivity index is 0.00000529. The van der Waals surface area contributed by atoms with Crippen molar-refractivity contribution >= 4 is 41.5 Å². The fourth-order valence-electron chi connectivity index (χ4n) is 2.35. The summed E-state index contributed by atoms with van der Waals surface area (Å²) >= 11 is 6.21. The Kier molecular flexibility index (Phi) is 9.33. The first-order valence-electron chi connectivity index (χ1n) is 7.95. The number of carbonyl (C=O) groups is 2. The summed E-state index contributed by atoms with van der Waals surface area (Å²) in [5.74, 6) is -0.384. The molecular weight excluding hydrogens is 349 g/mol. The highest BCUT2D eigenvalue weighted by molar-refractivity contribution is 6.34. The van der Waals surface area contributed by atoms with Crippen LogP contribution in [0, 0.1) is 0 Å². The standard InChI is InChI=1S/C17H26ClN3O2.ClH/c1-5-10-17(4,19)16(23)20-12-8-9-13(14(18)11-12)15(22)21(6-2)7-3;/h8-9,11H,5-7,10,19H2,1-4H3,(H,20,23);1H. The Morgan fingerprint density at radius 3 is 2.29 bits per heavy atom. The van der Waals surface area contributed by atoms with E-state index in [9.17, 15) is 9.59 Å². The number of rotatable bonds is 7. The Morgan fingerprint density at radius 2 is 1.83 bits per heavy atom. The smallest absolute Gasteiger partial charge is 0.255 e. The topological polar surface area (TPSA) is 75.4 Å². The van der Waals surface area contributed by atoms with Crippen LogP contribution in [0.5, 0.6) is 0 Å². The van der Waals surface area contributed by atoms with E-state index in [2.05, 4.69) is 5.32 Å². The Bertz CT molecular complexity index is 573. The Hall–Kier alpha value is -1.30. The molecule has 0 bridgehead atoms. The number of nitrogens with zero attached hydrogens (tertiary/aromatic N) is 1. The number of nitrogens with one attached hydrogen (secondary N) is 1. The summed E-state index contributed by atoms with van der Waals surface area (Å²) in [7, 11) is 0. The van der Waals surface area contributed by atoms with Gasteiger partial charge < -0.3 is 16.0 Å². The highest BCUT2D eigenvalue weighted by Gasteiger charge is 2.27. The average Bonchev–Trinajstić information content (AvgIpc) is 2.48. The molecule has 5 nitrogen and oxygen atoms in total. The molecule has 0 radical (unpaired) electrons. The number of amides is 2. The maximum Gasteiger partial charge on any atom is 0.255 e. The van der Waals surface area contributed by atoms with E-state index in [1.807, 2.05) is 20.8 Å². The Labute approximate surface area is 155 Å². The van der Waals surface area contributed by atoms with Crippen LogP contribution in [0.2, 0.25) is 5.02 Å². The first kappa shape index (κ1) is 22.7. The summed E-state index contributed by atoms with van der Waals surface area (Å²) in [6, 6.07) is 4.88. The van der Waals surface area contributed by atoms with Crippen molar-refractivity contribution < 1.29 is 9.59 Å². The molecule has 1 rings (SSSR count). The molecule has 0 fully saturated rings. The molecule has 0 saturated heterocycles. The summed E-state index contributed by atoms with van der Waals surface area (Å²) < 4.78 is 0. The van der Waals surface area contributed by atoms with E-state index in [4.69, 9.17) is 17.3 Å². The van der Waals surface area contributed by atoms with Gasteiger partial charge in [-0.1, -0.05) is 24.9 Å². The number of halogens is 2. The molecule has 0 aliphatic carbocycles. The molecule has 2 amide bonds. The predicted molar refractivity (Wildman–Crippen MR) is 102 cm³/mol. The molecule has 0 spiro atoms. The summed E-state index contributed by atoms with van der Waals surface area (Å²) in [4.78, 5) is 26.2. The van der Waals surface area contributed by atoms with E-state index in [-0.39, 0.29) is 24.2 Å². The molecule has 3 N–H and O–H groups in total. The maximum atomic E-state index is 12.3. The van der Waals surface area contributed by atoms with Gasteiger partial charge in [0.15, 0.2) is 0 Å². The quantitative estimate of drug-likeness (QED) is 0.762. The first-order valence-corrected chi connectivity index (χ1v) is 8.33. The third-order valence-electron chi connectivity index (χ3n) is 3.80. The van der Waals surface area contributed by atoms with Gasteiger partial charge in [-0.05, 0) is 45.4 Å². The normalized spacial score (nSPS) is 12.8. The predicted octanol–water partition coefficient (Wildman–Crippen LogP) is 3.70. The number of hydrogen-bond donors (Lipinski definition) is 2. The zero-order valence-corrected chi connectivity index (χ0v) is 16.3. The maximum absolute atomic E-state index is 12.3. The summed E-state index contributed by atoms with van der Waals surface area (Å²) in [6.45, 7) is 8.74. The lowest BCUT2D eigenvalue weighted by atomic mass is 9.96. The highest BCUT2D eigenvalue weighted by atomic mass is 35.5. The second-order valence-corrected chi connectivity index (χ2v) is 6.20. The van der Waals surface area contributed by atoms with Crippen molar-refractivity contribution in [3.8, 4) is 0 Å². The van der Waals surface area contributed by atoms with E-state index >= 15 is 0 Å². The Morgan fingerprint density at radius 1 is 1.25 bits per heavy atom. The lowest BCUT2D eigenvalue weighted by Crippen LogP contribution is -2.48. The lowest BCUT2D eigenvalue weighted by Gasteiger charge is -2.23. The molecule has 24 heavy (non-hydrogen) atoms. The van der Waals surface area contributed by atoms with Crippen LogP contribution in [0.3, 0.4) is 0 Å². The van der Waals surface area contributed by atoms with Crippen molar-refractivity contribution in [2.24, 2.45) is 5.73 Å². The molecule has 7 heteroatoms. The molecule has 1 atom stereocenters. The second-order valence-electron chi connectivity index (χ2n) is 5.79. The molecule has 0 aliphatic rings. The van der Waals surface area contributed by atoms with Crippen molar-refractivity contribution in [3.05, 3.63) is 28.8 Å². The van der Waals surface area contributed by atoms with Gasteiger partial charge in [0.05, 0.1) is 16.1 Å². The fourth-order valence-corrected chi connectivity index (χ4v) is 2.62. The van der Waals surface area contributed by atoms with Gasteiger partial charge in [-0.15, -0.1) is 12.4 Å². The number of hydrogen-bond acceptors (Lipinski definition) is 3. The van der Waals surface area contributed by atoms with Gasteiger partial charge in [0, 0.05) is 18.8 Å². The van der Waals surface area contributed by atoms with Crippen molar-refractivity contribution in [3.63, 3.8) is 0 Å². The van der Waals surface area contributed by atoms with Crippen molar-refractivity contribution in [2.75, 3.05) is 18.4 Å². The van der Waals surface area contributed by atoms with E-state index in [0.29, 0.717) is 35.8 Å². The van der Waals surface area contributed by atoms with E-state index < -0.39 is 5.54 Å². The minimum absolute atomic E-state index is 0. The van der Waals surface area contributed by atoms with Crippen molar-refractivity contribution in [1.29, 1.82) is 0 Å². The molecular formula is C17H27Cl2N3O2. The van der Waals surface area contributed by atoms with Gasteiger partial charge >= 0.3 is 0 Å². The molecule has 0 aromatic heterocycles. The molecule has 1 aromatic rings. The number of benzene rings is 1. The molecule has 0 aliphatic heterocycles. The van der Waals surface area contributed by atoms with Gasteiger partial charge in [0.25, 0.3) is 5.91 Å². The van der Waals surface area contributed by atoms with Gasteiger partial charge in [-0.25, -0.2) is 0 Å². The van der Waals surface area contributed by atoms with E-state index in [1.165, 1.54) is 0 Å². The third-order valence-corrected chi connectivity index (χ3v) is 4.11. The molecule has 0 saturated carbocycles. The number of nitrogens with two attached hydrogens (primary N) is 1. The lowest BCUT2D eigenvalue weighted by molar-refractivity contribution is -0.120. The van der Waals surface area contributed by atoms with Crippen LogP contribution in [0.1, 0.15) is 50.9 Å². The van der Waals surface area contributed by atoms with Crippen LogP contribution >= 0.6 is 24.0 Å². The molecule has 136 valence electrons. The molecule has 1 unspecified atom stereocenters.